The second-order valence-electron chi connectivity index (χ2n) is 4.80. The van der Waals surface area contributed by atoms with E-state index in [0.29, 0.717) is 12.2 Å². The van der Waals surface area contributed by atoms with Gasteiger partial charge in [-0.15, -0.1) is 0 Å². The summed E-state index contributed by atoms with van der Waals surface area (Å²) in [6.45, 7) is 2.00. The van der Waals surface area contributed by atoms with Crippen LogP contribution in [0.5, 0.6) is 0 Å². The van der Waals surface area contributed by atoms with Crippen molar-refractivity contribution < 1.29 is 14.2 Å². The number of rotatable bonds is 6. The second kappa shape index (κ2) is 6.86. The lowest BCUT2D eigenvalue weighted by molar-refractivity contribution is -0.118. The minimum Gasteiger partial charge on any atom is -0.464 e. The van der Waals surface area contributed by atoms with Gasteiger partial charge in [0.2, 0.25) is 5.91 Å². The molecule has 1 heterocycles. The van der Waals surface area contributed by atoms with Gasteiger partial charge in [0.25, 0.3) is 7.48 Å². The lowest BCUT2D eigenvalue weighted by Crippen LogP contribution is -2.41. The van der Waals surface area contributed by atoms with Gasteiger partial charge >= 0.3 is 0 Å². The summed E-state index contributed by atoms with van der Waals surface area (Å²) in [5.74, 6) is 0.0679. The van der Waals surface area contributed by atoms with Crippen LogP contribution in [-0.4, -0.2) is 36.4 Å². The van der Waals surface area contributed by atoms with Gasteiger partial charge in [-0.3, -0.25) is 4.79 Å². The van der Waals surface area contributed by atoms with E-state index in [-0.39, 0.29) is 19.3 Å². The van der Waals surface area contributed by atoms with E-state index < -0.39 is 0 Å². The maximum absolute atomic E-state index is 11.6. The van der Waals surface area contributed by atoms with E-state index in [9.17, 15) is 9.82 Å². The fourth-order valence-corrected chi connectivity index (χ4v) is 2.59. The first-order chi connectivity index (χ1) is 9.65. The molecule has 0 bridgehead atoms. The summed E-state index contributed by atoms with van der Waals surface area (Å²) in [6, 6.07) is 5.98. The molecule has 2 N–H and O–H groups in total. The number of aryl methyl sites for hydroxylation is 1. The first-order valence-electron chi connectivity index (χ1n) is 6.50. The van der Waals surface area contributed by atoms with Crippen LogP contribution in [0.15, 0.2) is 28.9 Å². The number of nitrogens with one attached hydrogen (secondary N) is 1. The highest BCUT2D eigenvalue weighted by atomic mass is 32.2. The Balaban J connectivity index is 2.13. The number of hydrogen-bond donors (Lipinski definition) is 2. The van der Waals surface area contributed by atoms with Crippen LogP contribution in [0.4, 0.5) is 0 Å². The van der Waals surface area contributed by atoms with Crippen molar-refractivity contribution in [1.82, 2.24) is 5.32 Å². The molecule has 1 aromatic heterocycles. The molecule has 4 nitrogen and oxygen atoms in total. The van der Waals surface area contributed by atoms with Crippen molar-refractivity contribution in [2.75, 3.05) is 12.0 Å². The van der Waals surface area contributed by atoms with Crippen LogP contribution in [0.3, 0.4) is 0 Å². The number of carbonyl (C=O) groups is 1. The summed E-state index contributed by atoms with van der Waals surface area (Å²) in [5, 5.41) is 13.3. The Morgan fingerprint density at radius 3 is 3.05 bits per heavy atom. The number of thioether (sulfide) groups is 1. The average Bonchev–Trinajstić information content (AvgIpc) is 2.83. The largest absolute Gasteiger partial charge is 0.464 e. The monoisotopic (exact) mass is 291 g/mol. The minimum absolute atomic E-state index is 0.0551. The SMILES string of the molecule is CSCC(=O)N[C@@H](BO)Cc1coc2c(C)cccc12. The van der Waals surface area contributed by atoms with Gasteiger partial charge in [0.15, 0.2) is 0 Å². The summed E-state index contributed by atoms with van der Waals surface area (Å²) in [4.78, 5) is 11.6. The van der Waals surface area contributed by atoms with Gasteiger partial charge in [0.1, 0.15) is 5.58 Å². The minimum atomic E-state index is -0.282. The first kappa shape index (κ1) is 15.0. The Bertz CT molecular complexity index is 599. The van der Waals surface area contributed by atoms with E-state index in [1.807, 2.05) is 31.4 Å². The molecule has 20 heavy (non-hydrogen) atoms. The molecule has 0 radical (unpaired) electrons. The second-order valence-corrected chi connectivity index (χ2v) is 5.66. The van der Waals surface area contributed by atoms with Crippen molar-refractivity contribution in [2.24, 2.45) is 0 Å². The lowest BCUT2D eigenvalue weighted by atomic mass is 9.83. The molecule has 1 amide bonds. The molecule has 6 heteroatoms. The van der Waals surface area contributed by atoms with Gasteiger partial charge in [-0.05, 0) is 30.7 Å². The zero-order valence-electron chi connectivity index (χ0n) is 11.7. The van der Waals surface area contributed by atoms with Crippen LogP contribution in [0.2, 0.25) is 0 Å². The van der Waals surface area contributed by atoms with Gasteiger partial charge in [0, 0.05) is 11.3 Å². The lowest BCUT2D eigenvalue weighted by Gasteiger charge is -2.14. The standard InChI is InChI=1S/C14H18BNO3S/c1-9-4-3-5-11-10(7-19-14(9)11)6-12(15-18)16-13(17)8-20-2/h3-5,7,12,15,18H,6,8H2,1-2H3,(H,16,17)/t12-/m1/s1. The van der Waals surface area contributed by atoms with Crippen LogP contribution < -0.4 is 5.32 Å². The summed E-state index contributed by atoms with van der Waals surface area (Å²) in [6.07, 6.45) is 4.15. The Morgan fingerprint density at radius 1 is 1.55 bits per heavy atom. The molecule has 0 aliphatic heterocycles. The molecule has 0 unspecified atom stereocenters. The predicted molar refractivity (Wildman–Crippen MR) is 84.3 cm³/mol. The smallest absolute Gasteiger partial charge is 0.293 e. The van der Waals surface area contributed by atoms with Crippen molar-refractivity contribution in [3.8, 4) is 0 Å². The van der Waals surface area contributed by atoms with Gasteiger partial charge in [0.05, 0.1) is 12.0 Å². The molecular formula is C14H18BNO3S. The normalized spacial score (nSPS) is 12.3. The highest BCUT2D eigenvalue weighted by Gasteiger charge is 2.16. The molecule has 0 spiro atoms. The van der Waals surface area contributed by atoms with Crippen molar-refractivity contribution in [1.29, 1.82) is 0 Å². The van der Waals surface area contributed by atoms with Gasteiger partial charge in [-0.1, -0.05) is 18.2 Å². The number of hydrogen-bond acceptors (Lipinski definition) is 4. The predicted octanol–water partition coefficient (Wildman–Crippen LogP) is 1.43. The van der Waals surface area contributed by atoms with Gasteiger partial charge in [-0.25, -0.2) is 0 Å². The number of benzene rings is 1. The molecule has 0 saturated heterocycles. The molecule has 0 aliphatic rings. The Morgan fingerprint density at radius 2 is 2.35 bits per heavy atom. The van der Waals surface area contributed by atoms with Crippen molar-refractivity contribution in [2.45, 2.75) is 19.3 Å². The number of fused-ring (bicyclic) bond motifs is 1. The molecule has 1 atom stereocenters. The van der Waals surface area contributed by atoms with Crippen LogP contribution in [-0.2, 0) is 11.2 Å². The maximum Gasteiger partial charge on any atom is 0.293 e. The van der Waals surface area contributed by atoms with Crippen LogP contribution in [0, 0.1) is 6.92 Å². The van der Waals surface area contributed by atoms with Gasteiger partial charge < -0.3 is 14.8 Å². The van der Waals surface area contributed by atoms with Crippen LogP contribution in [0.25, 0.3) is 11.0 Å². The van der Waals surface area contributed by atoms with E-state index in [1.54, 1.807) is 6.26 Å². The molecule has 1 aromatic carbocycles. The number of amides is 1. The fraction of sp³-hybridized carbons (Fsp3) is 0.357. The van der Waals surface area contributed by atoms with E-state index in [0.717, 1.165) is 22.1 Å². The third-order valence-corrected chi connectivity index (χ3v) is 3.75. The highest BCUT2D eigenvalue weighted by molar-refractivity contribution is 7.99. The van der Waals surface area contributed by atoms with Crippen molar-refractivity contribution in [3.63, 3.8) is 0 Å². The fourth-order valence-electron chi connectivity index (χ4n) is 2.24. The average molecular weight is 291 g/mol. The third kappa shape index (κ3) is 3.38. The molecular weight excluding hydrogens is 273 g/mol. The topological polar surface area (TPSA) is 62.5 Å². The molecule has 2 rings (SSSR count). The molecule has 0 fully saturated rings. The third-order valence-electron chi connectivity index (χ3n) is 3.20. The van der Waals surface area contributed by atoms with Crippen LogP contribution >= 0.6 is 11.8 Å². The Labute approximate surface area is 123 Å². The van der Waals surface area contributed by atoms with E-state index in [2.05, 4.69) is 5.32 Å². The van der Waals surface area contributed by atoms with Crippen molar-refractivity contribution >= 4 is 36.1 Å². The highest BCUT2D eigenvalue weighted by Crippen LogP contribution is 2.24. The number of furan rings is 1. The quantitative estimate of drug-likeness (QED) is 0.790. The van der Waals surface area contributed by atoms with Gasteiger partial charge in [-0.2, -0.15) is 11.8 Å². The first-order valence-corrected chi connectivity index (χ1v) is 7.90. The zero-order chi connectivity index (χ0) is 14.5. The number of carbonyl (C=O) groups excluding carboxylic acids is 1. The summed E-state index contributed by atoms with van der Waals surface area (Å²) < 4.78 is 5.58. The van der Waals surface area contributed by atoms with E-state index in [1.165, 1.54) is 11.8 Å². The maximum atomic E-state index is 11.6. The van der Waals surface area contributed by atoms with Crippen LogP contribution in [0.1, 0.15) is 11.1 Å². The molecule has 106 valence electrons. The summed E-state index contributed by atoms with van der Waals surface area (Å²) in [5.41, 5.74) is 2.96. The van der Waals surface area contributed by atoms with E-state index >= 15 is 0 Å². The molecule has 0 saturated carbocycles. The number of para-hydroxylation sites is 1. The summed E-state index contributed by atoms with van der Waals surface area (Å²) in [7, 11) is -0.0847. The Kier molecular flexibility index (Phi) is 5.14. The van der Waals surface area contributed by atoms with Crippen molar-refractivity contribution in [3.05, 3.63) is 35.6 Å². The Hall–Kier alpha value is -1.40. The molecule has 2 aromatic rings. The molecule has 0 aliphatic carbocycles. The van der Waals surface area contributed by atoms with E-state index in [4.69, 9.17) is 4.42 Å². The zero-order valence-corrected chi connectivity index (χ0v) is 12.5. The summed E-state index contributed by atoms with van der Waals surface area (Å²) >= 11 is 1.46.